The molecule has 2 heterocycles. The molecule has 5 heteroatoms. The molecule has 2 aromatic rings. The van der Waals surface area contributed by atoms with Gasteiger partial charge in [0.15, 0.2) is 0 Å². The van der Waals surface area contributed by atoms with Crippen molar-refractivity contribution >= 4 is 11.6 Å². The summed E-state index contributed by atoms with van der Waals surface area (Å²) in [5.74, 6) is 0.574. The fraction of sp³-hybridized carbons (Fsp3) is 0.364. The van der Waals surface area contributed by atoms with Gasteiger partial charge >= 0.3 is 0 Å². The lowest BCUT2D eigenvalue weighted by Crippen LogP contribution is -2.07. The van der Waals surface area contributed by atoms with Crippen molar-refractivity contribution in [1.29, 1.82) is 0 Å². The van der Waals surface area contributed by atoms with Gasteiger partial charge in [-0.15, -0.1) is 0 Å². The Morgan fingerprint density at radius 3 is 2.06 bits per heavy atom. The Kier molecular flexibility index (Phi) is 2.68. The van der Waals surface area contributed by atoms with E-state index in [9.17, 15) is 0 Å². The molecule has 16 heavy (non-hydrogen) atoms. The van der Waals surface area contributed by atoms with Crippen LogP contribution in [-0.2, 0) is 0 Å². The predicted octanol–water partition coefficient (Wildman–Crippen LogP) is 2.55. The minimum atomic E-state index is 0.574. The van der Waals surface area contributed by atoms with Crippen LogP contribution in [-0.4, -0.2) is 19.7 Å². The summed E-state index contributed by atoms with van der Waals surface area (Å²) in [5.41, 5.74) is 3.51. The quantitative estimate of drug-likeness (QED) is 0.764. The van der Waals surface area contributed by atoms with Crippen molar-refractivity contribution in [3.05, 3.63) is 33.9 Å². The second kappa shape index (κ2) is 3.87. The van der Waals surface area contributed by atoms with E-state index in [1.165, 1.54) is 0 Å². The highest BCUT2D eigenvalue weighted by Gasteiger charge is 2.10. The summed E-state index contributed by atoms with van der Waals surface area (Å²) < 4.78 is 1.73. The molecule has 0 radical (unpaired) electrons. The van der Waals surface area contributed by atoms with Gasteiger partial charge in [-0.05, 0) is 33.8 Å². The van der Waals surface area contributed by atoms with E-state index in [4.69, 9.17) is 11.6 Å². The minimum Gasteiger partial charge on any atom is -0.215 e. The topological polar surface area (TPSA) is 43.6 Å². The summed E-state index contributed by atoms with van der Waals surface area (Å²) in [6, 6.07) is 1.99. The number of hydrogen-bond acceptors (Lipinski definition) is 3. The Morgan fingerprint density at radius 1 is 1.06 bits per heavy atom. The van der Waals surface area contributed by atoms with Crippen molar-refractivity contribution in [3.63, 3.8) is 0 Å². The van der Waals surface area contributed by atoms with E-state index in [0.717, 1.165) is 22.8 Å². The highest BCUT2D eigenvalue weighted by molar-refractivity contribution is 6.31. The van der Waals surface area contributed by atoms with Crippen LogP contribution in [0.2, 0.25) is 5.02 Å². The van der Waals surface area contributed by atoms with Crippen LogP contribution >= 0.6 is 11.6 Å². The van der Waals surface area contributed by atoms with Crippen molar-refractivity contribution in [2.24, 2.45) is 0 Å². The minimum absolute atomic E-state index is 0.574. The zero-order chi connectivity index (χ0) is 11.9. The lowest BCUT2D eigenvalue weighted by atomic mass is 10.3. The first-order valence-corrected chi connectivity index (χ1v) is 5.41. The molecule has 0 bridgehead atoms. The van der Waals surface area contributed by atoms with Crippen LogP contribution in [0.15, 0.2) is 6.07 Å². The average molecular weight is 237 g/mol. The number of rotatable bonds is 1. The van der Waals surface area contributed by atoms with Gasteiger partial charge in [0.25, 0.3) is 5.95 Å². The number of hydrogen-bond donors (Lipinski definition) is 0. The normalized spacial score (nSPS) is 10.8. The molecule has 0 aliphatic rings. The highest BCUT2D eigenvalue weighted by Crippen LogP contribution is 2.18. The average Bonchev–Trinajstić information content (AvgIpc) is 2.53. The maximum absolute atomic E-state index is 6.03. The first-order chi connectivity index (χ1) is 7.49. The van der Waals surface area contributed by atoms with E-state index < -0.39 is 0 Å². The fourth-order valence-electron chi connectivity index (χ4n) is 1.61. The van der Waals surface area contributed by atoms with Crippen LogP contribution in [0, 0.1) is 27.7 Å². The van der Waals surface area contributed by atoms with E-state index >= 15 is 0 Å². The SMILES string of the molecule is Cc1cc(C)n(-c2nc(C)c(Cl)c(C)n2)n1. The Labute approximate surface area is 99.3 Å². The lowest BCUT2D eigenvalue weighted by molar-refractivity contribution is 0.763. The molecule has 0 amide bonds. The van der Waals surface area contributed by atoms with E-state index in [2.05, 4.69) is 15.1 Å². The van der Waals surface area contributed by atoms with Crippen molar-refractivity contribution in [2.75, 3.05) is 0 Å². The van der Waals surface area contributed by atoms with Gasteiger partial charge in [0, 0.05) is 5.69 Å². The molecule has 0 saturated heterocycles. The molecule has 0 N–H and O–H groups in total. The van der Waals surface area contributed by atoms with Crippen LogP contribution in [0.3, 0.4) is 0 Å². The number of halogens is 1. The smallest absolute Gasteiger partial charge is 0.215 e. The van der Waals surface area contributed by atoms with Crippen LogP contribution in [0.5, 0.6) is 0 Å². The van der Waals surface area contributed by atoms with Crippen molar-refractivity contribution in [1.82, 2.24) is 19.7 Å². The summed E-state index contributed by atoms with van der Waals surface area (Å²) in [5, 5.41) is 4.96. The Hall–Kier alpha value is -1.42. The summed E-state index contributed by atoms with van der Waals surface area (Å²) >= 11 is 6.03. The van der Waals surface area contributed by atoms with E-state index in [-0.39, 0.29) is 0 Å². The Morgan fingerprint density at radius 2 is 1.62 bits per heavy atom. The molecule has 0 aliphatic carbocycles. The number of aryl methyl sites for hydroxylation is 4. The van der Waals surface area contributed by atoms with Crippen molar-refractivity contribution in [2.45, 2.75) is 27.7 Å². The van der Waals surface area contributed by atoms with Crippen LogP contribution in [0.4, 0.5) is 0 Å². The lowest BCUT2D eigenvalue weighted by Gasteiger charge is -2.06. The van der Waals surface area contributed by atoms with Gasteiger partial charge in [0.05, 0.1) is 22.1 Å². The van der Waals surface area contributed by atoms with Crippen LogP contribution < -0.4 is 0 Å². The van der Waals surface area contributed by atoms with Crippen molar-refractivity contribution < 1.29 is 0 Å². The van der Waals surface area contributed by atoms with Gasteiger partial charge in [0.2, 0.25) is 0 Å². The van der Waals surface area contributed by atoms with E-state index in [1.54, 1.807) is 4.68 Å². The molecule has 0 fully saturated rings. The molecular formula is C11H13ClN4. The predicted molar refractivity (Wildman–Crippen MR) is 63.1 cm³/mol. The third-order valence-electron chi connectivity index (χ3n) is 2.37. The maximum Gasteiger partial charge on any atom is 0.251 e. The van der Waals surface area contributed by atoms with Gasteiger partial charge in [-0.1, -0.05) is 11.6 Å². The standard InChI is InChI=1S/C11H13ClN4/c1-6-5-7(2)16(15-6)11-13-8(3)10(12)9(4)14-11/h5H,1-4H3. The molecular weight excluding hydrogens is 224 g/mol. The van der Waals surface area contributed by atoms with Gasteiger partial charge < -0.3 is 0 Å². The summed E-state index contributed by atoms with van der Waals surface area (Å²) in [6.07, 6.45) is 0. The second-order valence-corrected chi connectivity index (χ2v) is 4.23. The zero-order valence-corrected chi connectivity index (χ0v) is 10.5. The molecule has 0 unspecified atom stereocenters. The number of nitrogens with zero attached hydrogens (tertiary/aromatic N) is 4. The van der Waals surface area contributed by atoms with Gasteiger partial charge in [0.1, 0.15) is 0 Å². The van der Waals surface area contributed by atoms with E-state index in [0.29, 0.717) is 11.0 Å². The molecule has 2 aromatic heterocycles. The largest absolute Gasteiger partial charge is 0.251 e. The first-order valence-electron chi connectivity index (χ1n) is 5.03. The molecule has 2 rings (SSSR count). The maximum atomic E-state index is 6.03. The summed E-state index contributed by atoms with van der Waals surface area (Å²) in [4.78, 5) is 8.67. The highest BCUT2D eigenvalue weighted by atomic mass is 35.5. The Balaban J connectivity index is 2.61. The van der Waals surface area contributed by atoms with E-state index in [1.807, 2.05) is 33.8 Å². The molecule has 0 saturated carbocycles. The van der Waals surface area contributed by atoms with Crippen molar-refractivity contribution in [3.8, 4) is 5.95 Å². The third-order valence-corrected chi connectivity index (χ3v) is 2.92. The third kappa shape index (κ3) is 1.80. The fourth-order valence-corrected chi connectivity index (χ4v) is 1.70. The molecule has 0 atom stereocenters. The molecule has 0 spiro atoms. The number of aromatic nitrogens is 4. The van der Waals surface area contributed by atoms with Gasteiger partial charge in [-0.25, -0.2) is 14.6 Å². The summed E-state index contributed by atoms with van der Waals surface area (Å²) in [6.45, 7) is 7.65. The molecule has 4 nitrogen and oxygen atoms in total. The zero-order valence-electron chi connectivity index (χ0n) is 9.74. The molecule has 84 valence electrons. The Bertz CT molecular complexity index is 522. The second-order valence-electron chi connectivity index (χ2n) is 3.85. The van der Waals surface area contributed by atoms with Gasteiger partial charge in [-0.2, -0.15) is 5.10 Å². The van der Waals surface area contributed by atoms with Crippen LogP contribution in [0.1, 0.15) is 22.8 Å². The monoisotopic (exact) mass is 236 g/mol. The first kappa shape index (κ1) is 11.1. The van der Waals surface area contributed by atoms with Gasteiger partial charge in [-0.3, -0.25) is 0 Å². The molecule has 0 aromatic carbocycles. The molecule has 0 aliphatic heterocycles. The summed E-state index contributed by atoms with van der Waals surface area (Å²) in [7, 11) is 0. The van der Waals surface area contributed by atoms with Crippen LogP contribution in [0.25, 0.3) is 5.95 Å².